The topological polar surface area (TPSA) is 399 Å². The molecule has 16 N–H and O–H groups in total. The van der Waals surface area contributed by atoms with Crippen LogP contribution in [-0.4, -0.2) is 201 Å². The first-order valence-electron chi connectivity index (χ1n) is 26.0. The SMILES string of the molecule is CCC(C)CC(C)CCCCCCCCC(=O)N1[C@H](C(=O)N[C@H](C(=O)N2CC(O)CC2C(=O)NC(C(=O)N[C@H](C(=O)N2CC[C@H](O)[C@H]2C(N)=O)[C@@H](O)CCN)[C@H](O)C(O)c2ccc(O)cc2)[C@@H](C)O)C[C@H](O)[C@@H]1O. The Morgan fingerprint density at radius 3 is 1.92 bits per heavy atom. The van der Waals surface area contributed by atoms with Crippen molar-refractivity contribution in [2.24, 2.45) is 23.3 Å². The average Bonchev–Trinajstić information content (AvgIpc) is 4.04. The number of nitrogens with one attached hydrogen (secondary N) is 3. The van der Waals surface area contributed by atoms with Crippen LogP contribution in [0.1, 0.15) is 129 Å². The van der Waals surface area contributed by atoms with Crippen LogP contribution in [0.15, 0.2) is 24.3 Å². The van der Waals surface area contributed by atoms with Crippen molar-refractivity contribution in [1.29, 1.82) is 0 Å². The minimum atomic E-state index is -2.29. The molecule has 7 amide bonds. The monoisotopic (exact) mass is 1050 g/mol. The van der Waals surface area contributed by atoms with Crippen molar-refractivity contribution in [2.75, 3.05) is 19.6 Å². The lowest BCUT2D eigenvalue weighted by Gasteiger charge is -2.34. The maximum Gasteiger partial charge on any atom is 0.248 e. The number of phenols is 1. The molecular weight excluding hydrogens is 969 g/mol. The Bertz CT molecular complexity index is 2030. The summed E-state index contributed by atoms with van der Waals surface area (Å²) in [5, 5.41) is 104. The smallest absolute Gasteiger partial charge is 0.248 e. The van der Waals surface area contributed by atoms with Gasteiger partial charge >= 0.3 is 0 Å². The number of carbonyl (C=O) groups is 7. The number of nitrogens with two attached hydrogens (primary N) is 2. The van der Waals surface area contributed by atoms with Crippen LogP contribution < -0.4 is 27.4 Å². The lowest BCUT2D eigenvalue weighted by atomic mass is 9.91. The second-order valence-corrected chi connectivity index (χ2v) is 20.5. The number of phenolic OH excluding ortho intramolecular Hbond substituents is 1. The van der Waals surface area contributed by atoms with Gasteiger partial charge in [-0.15, -0.1) is 0 Å². The number of likely N-dealkylation sites (tertiary alicyclic amines) is 3. The molecule has 6 unspecified atom stereocenters. The molecule has 16 atom stereocenters. The van der Waals surface area contributed by atoms with Crippen molar-refractivity contribution in [3.05, 3.63) is 29.8 Å². The van der Waals surface area contributed by atoms with Crippen LogP contribution in [0, 0.1) is 11.8 Å². The van der Waals surface area contributed by atoms with Gasteiger partial charge in [0.15, 0.2) is 6.23 Å². The molecule has 4 rings (SSSR count). The van der Waals surface area contributed by atoms with Crippen molar-refractivity contribution < 1.29 is 79.5 Å². The Morgan fingerprint density at radius 2 is 1.31 bits per heavy atom. The lowest BCUT2D eigenvalue weighted by molar-refractivity contribution is -0.151. The Morgan fingerprint density at radius 1 is 0.716 bits per heavy atom. The molecular formula is C50H82N8O16. The minimum Gasteiger partial charge on any atom is -0.508 e. The van der Waals surface area contributed by atoms with Crippen LogP contribution in [0.25, 0.3) is 0 Å². The fraction of sp³-hybridized carbons (Fsp3) is 0.740. The normalized spacial score (nSPS) is 25.5. The zero-order chi connectivity index (χ0) is 55.1. The van der Waals surface area contributed by atoms with Crippen LogP contribution in [0.5, 0.6) is 5.75 Å². The molecule has 3 heterocycles. The molecule has 418 valence electrons. The van der Waals surface area contributed by atoms with Crippen LogP contribution in [0.2, 0.25) is 0 Å². The van der Waals surface area contributed by atoms with Crippen LogP contribution in [0.3, 0.4) is 0 Å². The summed E-state index contributed by atoms with van der Waals surface area (Å²) in [6.07, 6.45) is -6.37. The second-order valence-electron chi connectivity index (χ2n) is 20.5. The fourth-order valence-corrected chi connectivity index (χ4v) is 10.1. The number of aliphatic hydroxyl groups is 8. The Kier molecular flexibility index (Phi) is 23.9. The maximum absolute atomic E-state index is 14.3. The summed E-state index contributed by atoms with van der Waals surface area (Å²) < 4.78 is 0. The van der Waals surface area contributed by atoms with E-state index in [1.807, 2.05) is 0 Å². The summed E-state index contributed by atoms with van der Waals surface area (Å²) in [6.45, 7) is 6.89. The van der Waals surface area contributed by atoms with E-state index in [0.29, 0.717) is 18.3 Å². The van der Waals surface area contributed by atoms with Gasteiger partial charge in [-0.2, -0.15) is 0 Å². The van der Waals surface area contributed by atoms with Crippen LogP contribution in [0.4, 0.5) is 0 Å². The highest BCUT2D eigenvalue weighted by atomic mass is 16.4. The molecule has 0 aliphatic carbocycles. The van der Waals surface area contributed by atoms with E-state index in [1.165, 1.54) is 18.6 Å². The number of aromatic hydroxyl groups is 1. The van der Waals surface area contributed by atoms with Gasteiger partial charge in [0.2, 0.25) is 41.4 Å². The third kappa shape index (κ3) is 16.2. The highest BCUT2D eigenvalue weighted by Crippen LogP contribution is 2.29. The van der Waals surface area contributed by atoms with E-state index in [-0.39, 0.29) is 43.7 Å². The molecule has 0 spiro atoms. The highest BCUT2D eigenvalue weighted by Gasteiger charge is 2.50. The number of unbranched alkanes of at least 4 members (excludes halogenated alkanes) is 5. The molecule has 3 aliphatic heterocycles. The van der Waals surface area contributed by atoms with Crippen molar-refractivity contribution in [3.63, 3.8) is 0 Å². The largest absolute Gasteiger partial charge is 0.508 e. The number of amides is 7. The molecule has 3 fully saturated rings. The van der Waals surface area contributed by atoms with Gasteiger partial charge in [0.25, 0.3) is 0 Å². The molecule has 24 nitrogen and oxygen atoms in total. The number of benzene rings is 1. The zero-order valence-corrected chi connectivity index (χ0v) is 42.9. The van der Waals surface area contributed by atoms with Gasteiger partial charge in [-0.05, 0) is 68.7 Å². The van der Waals surface area contributed by atoms with E-state index in [2.05, 4.69) is 36.7 Å². The molecule has 3 saturated heterocycles. The first-order valence-corrected chi connectivity index (χ1v) is 26.0. The molecule has 24 heteroatoms. The summed E-state index contributed by atoms with van der Waals surface area (Å²) in [6, 6.07) is -6.05. The summed E-state index contributed by atoms with van der Waals surface area (Å²) >= 11 is 0. The number of β-amino-alcohol motifs (C(OH)–C–C–N with tert-alkyl or cyclic N) is 1. The minimum absolute atomic E-state index is 0.0377. The molecule has 0 radical (unpaired) electrons. The Hall–Kier alpha value is -5.05. The van der Waals surface area contributed by atoms with Crippen LogP contribution >= 0.6 is 0 Å². The number of rotatable bonds is 28. The molecule has 0 saturated carbocycles. The van der Waals surface area contributed by atoms with E-state index in [9.17, 15) is 79.5 Å². The van der Waals surface area contributed by atoms with E-state index < -0.39 is 146 Å². The molecule has 1 aromatic rings. The standard InChI is InChI=1S/C50H82N8O16/c1-5-26(2)22-27(3)12-10-8-6-7-9-11-13-37(65)58-33(24-36(64)48(58)72)46(70)53-38(28(4)59)49(73)57-25-31(61)23-32(57)45(69)55-40(43(67)42(66)29-14-16-30(60)17-15-29)47(71)54-39(34(62)18-20-51)50(74)56-21-19-35(63)41(56)44(52)68/h14-17,26-28,31-36,38-43,48,59-64,66-67,72H,5-13,18-25,51H2,1-4H3,(H2,52,68)(H,53,70)(H,54,71)(H,55,69)/t26?,27?,28-,31?,32?,33+,34+,35+,36+,38+,39+,40?,41+,42?,43+,48+/m1/s1. The summed E-state index contributed by atoms with van der Waals surface area (Å²) in [5.41, 5.74) is 11.0. The Balaban J connectivity index is 1.50. The third-order valence-electron chi connectivity index (χ3n) is 14.6. The number of primary amides is 1. The summed E-state index contributed by atoms with van der Waals surface area (Å²) in [4.78, 5) is 99.0. The number of hydrogen-bond acceptors (Lipinski definition) is 17. The van der Waals surface area contributed by atoms with Gasteiger partial charge in [0, 0.05) is 32.4 Å². The average molecular weight is 1050 g/mol. The van der Waals surface area contributed by atoms with Crippen molar-refractivity contribution in [1.82, 2.24) is 30.7 Å². The number of carbonyl (C=O) groups excluding carboxylic acids is 7. The molecule has 1 aromatic carbocycles. The second kappa shape index (κ2) is 28.7. The van der Waals surface area contributed by atoms with Crippen molar-refractivity contribution >= 4 is 41.4 Å². The molecule has 0 aromatic heterocycles. The number of hydrogen-bond donors (Lipinski definition) is 14. The summed E-state index contributed by atoms with van der Waals surface area (Å²) in [7, 11) is 0. The van der Waals surface area contributed by atoms with Crippen molar-refractivity contribution in [2.45, 2.75) is 203 Å². The zero-order valence-electron chi connectivity index (χ0n) is 42.9. The van der Waals surface area contributed by atoms with E-state index >= 15 is 0 Å². The van der Waals surface area contributed by atoms with Gasteiger partial charge in [0.05, 0.1) is 24.4 Å². The van der Waals surface area contributed by atoms with Gasteiger partial charge in [-0.1, -0.05) is 77.8 Å². The van der Waals surface area contributed by atoms with Crippen molar-refractivity contribution in [3.8, 4) is 5.75 Å². The summed E-state index contributed by atoms with van der Waals surface area (Å²) in [5.74, 6) is -6.42. The molecule has 0 bridgehead atoms. The van der Waals surface area contributed by atoms with Gasteiger partial charge in [-0.25, -0.2) is 0 Å². The third-order valence-corrected chi connectivity index (χ3v) is 14.6. The van der Waals surface area contributed by atoms with E-state index in [0.717, 1.165) is 78.7 Å². The van der Waals surface area contributed by atoms with Gasteiger partial charge in [0.1, 0.15) is 60.3 Å². The lowest BCUT2D eigenvalue weighted by Crippen LogP contribution is -2.64. The first kappa shape index (κ1) is 61.5. The van der Waals surface area contributed by atoms with Gasteiger partial charge in [-0.3, -0.25) is 33.6 Å². The first-order chi connectivity index (χ1) is 34.9. The predicted molar refractivity (Wildman–Crippen MR) is 265 cm³/mol. The predicted octanol–water partition coefficient (Wildman–Crippen LogP) is -2.79. The fourth-order valence-electron chi connectivity index (χ4n) is 10.1. The van der Waals surface area contributed by atoms with E-state index in [4.69, 9.17) is 11.5 Å². The number of nitrogens with zero attached hydrogens (tertiary/aromatic N) is 3. The Labute approximate surface area is 431 Å². The van der Waals surface area contributed by atoms with Gasteiger partial charge < -0.3 is 88.1 Å². The molecule has 74 heavy (non-hydrogen) atoms. The quantitative estimate of drug-likeness (QED) is 0.0377. The van der Waals surface area contributed by atoms with E-state index in [1.54, 1.807) is 0 Å². The number of aliphatic hydroxyl groups excluding tert-OH is 8. The molecule has 3 aliphatic rings. The highest BCUT2D eigenvalue weighted by molar-refractivity contribution is 5.98. The van der Waals surface area contributed by atoms with Crippen LogP contribution in [-0.2, 0) is 33.6 Å². The maximum atomic E-state index is 14.3.